The van der Waals surface area contributed by atoms with Gasteiger partial charge in [0.1, 0.15) is 23.8 Å². The van der Waals surface area contributed by atoms with Crippen molar-refractivity contribution >= 4 is 11.0 Å². The standard InChI is InChI=1S/C17H21FN6/c1-2-24-15-6-5-13(18)8-14(15)21-16(24)10-23-7-3-4-12(9-23)17-19-11-20-22-17/h5-6,8,11-12H,2-4,7,9-10H2,1H3,(H,19,20,22). The zero-order chi connectivity index (χ0) is 16.5. The summed E-state index contributed by atoms with van der Waals surface area (Å²) in [4.78, 5) is 11.4. The predicted molar refractivity (Wildman–Crippen MR) is 89.0 cm³/mol. The molecule has 1 unspecified atom stereocenters. The first-order valence-corrected chi connectivity index (χ1v) is 8.47. The maximum absolute atomic E-state index is 13.5. The first-order valence-electron chi connectivity index (χ1n) is 8.47. The van der Waals surface area contributed by atoms with Gasteiger partial charge in [0.15, 0.2) is 0 Å². The molecule has 0 saturated carbocycles. The molecule has 1 atom stereocenters. The number of H-pyrrole nitrogens is 1. The molecule has 1 N–H and O–H groups in total. The van der Waals surface area contributed by atoms with Crippen LogP contribution in [0.25, 0.3) is 11.0 Å². The van der Waals surface area contributed by atoms with E-state index in [1.807, 2.05) is 6.07 Å². The van der Waals surface area contributed by atoms with Crippen LogP contribution in [0.15, 0.2) is 24.5 Å². The van der Waals surface area contributed by atoms with Crippen molar-refractivity contribution in [1.29, 1.82) is 0 Å². The number of fused-ring (bicyclic) bond motifs is 1. The van der Waals surface area contributed by atoms with Crippen LogP contribution in [-0.4, -0.2) is 42.7 Å². The van der Waals surface area contributed by atoms with Crippen LogP contribution in [0.4, 0.5) is 4.39 Å². The third-order valence-corrected chi connectivity index (χ3v) is 4.80. The van der Waals surface area contributed by atoms with E-state index in [9.17, 15) is 4.39 Å². The predicted octanol–water partition coefficient (Wildman–Crippen LogP) is 2.69. The van der Waals surface area contributed by atoms with Crippen molar-refractivity contribution in [1.82, 2.24) is 29.6 Å². The van der Waals surface area contributed by atoms with Crippen molar-refractivity contribution < 1.29 is 4.39 Å². The lowest BCUT2D eigenvalue weighted by atomic mass is 9.97. The van der Waals surface area contributed by atoms with E-state index in [1.54, 1.807) is 6.33 Å². The van der Waals surface area contributed by atoms with Crippen LogP contribution >= 0.6 is 0 Å². The van der Waals surface area contributed by atoms with Gasteiger partial charge in [-0.05, 0) is 38.4 Å². The van der Waals surface area contributed by atoms with Crippen LogP contribution in [0.1, 0.15) is 37.3 Å². The third kappa shape index (κ3) is 2.80. The van der Waals surface area contributed by atoms with Gasteiger partial charge in [-0.25, -0.2) is 14.4 Å². The number of aryl methyl sites for hydroxylation is 1. The van der Waals surface area contributed by atoms with E-state index in [0.29, 0.717) is 5.92 Å². The highest BCUT2D eigenvalue weighted by atomic mass is 19.1. The van der Waals surface area contributed by atoms with Gasteiger partial charge in [0.05, 0.1) is 17.6 Å². The lowest BCUT2D eigenvalue weighted by molar-refractivity contribution is 0.190. The Labute approximate surface area is 139 Å². The lowest BCUT2D eigenvalue weighted by Crippen LogP contribution is -2.35. The average Bonchev–Trinajstić information content (AvgIpc) is 3.22. The topological polar surface area (TPSA) is 62.6 Å². The van der Waals surface area contributed by atoms with Crippen LogP contribution in [0.3, 0.4) is 0 Å². The van der Waals surface area contributed by atoms with Crippen LogP contribution in [0.2, 0.25) is 0 Å². The average molecular weight is 328 g/mol. The van der Waals surface area contributed by atoms with Gasteiger partial charge < -0.3 is 4.57 Å². The Morgan fingerprint density at radius 1 is 1.38 bits per heavy atom. The SMILES string of the molecule is CCn1c(CN2CCCC(c3ncn[nH]3)C2)nc2cc(F)ccc21. The van der Waals surface area contributed by atoms with Gasteiger partial charge in [-0.3, -0.25) is 10.00 Å². The molecule has 0 spiro atoms. The smallest absolute Gasteiger partial charge is 0.137 e. The van der Waals surface area contributed by atoms with E-state index in [-0.39, 0.29) is 5.82 Å². The number of nitrogens with one attached hydrogen (secondary N) is 1. The number of nitrogens with zero attached hydrogens (tertiary/aromatic N) is 5. The number of likely N-dealkylation sites (tertiary alicyclic amines) is 1. The Balaban J connectivity index is 1.57. The third-order valence-electron chi connectivity index (χ3n) is 4.80. The summed E-state index contributed by atoms with van der Waals surface area (Å²) >= 11 is 0. The summed E-state index contributed by atoms with van der Waals surface area (Å²) in [6.45, 7) is 5.69. The Morgan fingerprint density at radius 3 is 3.08 bits per heavy atom. The second-order valence-corrected chi connectivity index (χ2v) is 6.35. The molecule has 3 heterocycles. The number of hydrogen-bond acceptors (Lipinski definition) is 4. The number of imidazole rings is 1. The molecule has 1 aliphatic heterocycles. The highest BCUT2D eigenvalue weighted by Gasteiger charge is 2.24. The molecular formula is C17H21FN6. The number of piperidine rings is 1. The Kier molecular flexibility index (Phi) is 4.02. The molecule has 4 rings (SSSR count). The summed E-state index contributed by atoms with van der Waals surface area (Å²) in [5, 5.41) is 6.96. The molecular weight excluding hydrogens is 307 g/mol. The minimum atomic E-state index is -0.238. The van der Waals surface area contributed by atoms with Gasteiger partial charge in [0.25, 0.3) is 0 Å². The molecule has 0 amide bonds. The fraction of sp³-hybridized carbons (Fsp3) is 0.471. The van der Waals surface area contributed by atoms with Gasteiger partial charge in [0, 0.05) is 25.1 Å². The second kappa shape index (κ2) is 6.32. The van der Waals surface area contributed by atoms with Gasteiger partial charge in [-0.15, -0.1) is 0 Å². The van der Waals surface area contributed by atoms with Crippen molar-refractivity contribution in [3.63, 3.8) is 0 Å². The van der Waals surface area contributed by atoms with E-state index in [1.165, 1.54) is 12.1 Å². The molecule has 1 aromatic carbocycles. The number of benzene rings is 1. The molecule has 1 aliphatic rings. The van der Waals surface area contributed by atoms with Crippen molar-refractivity contribution in [2.45, 2.75) is 38.8 Å². The fourth-order valence-corrected chi connectivity index (χ4v) is 3.66. The molecule has 126 valence electrons. The molecule has 0 aliphatic carbocycles. The summed E-state index contributed by atoms with van der Waals surface area (Å²) in [5.74, 6) is 2.11. The maximum atomic E-state index is 13.5. The minimum absolute atomic E-state index is 0.238. The zero-order valence-electron chi connectivity index (χ0n) is 13.7. The summed E-state index contributed by atoms with van der Waals surface area (Å²) in [5.41, 5.74) is 1.73. The van der Waals surface area contributed by atoms with Crippen LogP contribution in [0, 0.1) is 5.82 Å². The highest BCUT2D eigenvalue weighted by Crippen LogP contribution is 2.26. The van der Waals surface area contributed by atoms with Crippen LogP contribution in [0.5, 0.6) is 0 Å². The van der Waals surface area contributed by atoms with Crippen molar-refractivity contribution in [2.75, 3.05) is 13.1 Å². The quantitative estimate of drug-likeness (QED) is 0.800. The Hall–Kier alpha value is -2.28. The molecule has 24 heavy (non-hydrogen) atoms. The summed E-state index contributed by atoms with van der Waals surface area (Å²) < 4.78 is 15.6. The summed E-state index contributed by atoms with van der Waals surface area (Å²) in [6.07, 6.45) is 3.83. The van der Waals surface area contributed by atoms with E-state index >= 15 is 0 Å². The number of rotatable bonds is 4. The zero-order valence-corrected chi connectivity index (χ0v) is 13.7. The van der Waals surface area contributed by atoms with Gasteiger partial charge in [-0.2, -0.15) is 5.10 Å². The molecule has 2 aromatic heterocycles. The van der Waals surface area contributed by atoms with Crippen molar-refractivity contribution in [3.8, 4) is 0 Å². The monoisotopic (exact) mass is 328 g/mol. The first-order chi connectivity index (χ1) is 11.7. The normalized spacial score (nSPS) is 19.2. The van der Waals surface area contributed by atoms with Gasteiger partial charge in [0.2, 0.25) is 0 Å². The maximum Gasteiger partial charge on any atom is 0.137 e. The number of halogens is 1. The van der Waals surface area contributed by atoms with E-state index < -0.39 is 0 Å². The van der Waals surface area contributed by atoms with Crippen LogP contribution in [-0.2, 0) is 13.1 Å². The Bertz CT molecular complexity index is 825. The van der Waals surface area contributed by atoms with Gasteiger partial charge in [-0.1, -0.05) is 0 Å². The van der Waals surface area contributed by atoms with Crippen LogP contribution < -0.4 is 0 Å². The fourth-order valence-electron chi connectivity index (χ4n) is 3.66. The lowest BCUT2D eigenvalue weighted by Gasteiger charge is -2.31. The molecule has 3 aromatic rings. The van der Waals surface area contributed by atoms with Gasteiger partial charge >= 0.3 is 0 Å². The largest absolute Gasteiger partial charge is 0.327 e. The molecule has 0 bridgehead atoms. The number of hydrogen-bond donors (Lipinski definition) is 1. The second-order valence-electron chi connectivity index (χ2n) is 6.35. The molecule has 6 nitrogen and oxygen atoms in total. The molecule has 0 radical (unpaired) electrons. The number of aromatic nitrogens is 5. The molecule has 1 fully saturated rings. The van der Waals surface area contributed by atoms with E-state index in [4.69, 9.17) is 0 Å². The van der Waals surface area contributed by atoms with Crippen molar-refractivity contribution in [3.05, 3.63) is 42.0 Å². The first kappa shape index (κ1) is 15.3. The highest BCUT2D eigenvalue weighted by molar-refractivity contribution is 5.76. The number of aromatic amines is 1. The van der Waals surface area contributed by atoms with E-state index in [2.05, 4.69) is 36.6 Å². The molecule has 7 heteroatoms. The van der Waals surface area contributed by atoms with E-state index in [0.717, 1.165) is 61.7 Å². The summed E-state index contributed by atoms with van der Waals surface area (Å²) in [6, 6.07) is 4.83. The Morgan fingerprint density at radius 2 is 2.29 bits per heavy atom. The van der Waals surface area contributed by atoms with Crippen molar-refractivity contribution in [2.24, 2.45) is 0 Å². The minimum Gasteiger partial charge on any atom is -0.327 e. The molecule has 1 saturated heterocycles. The summed E-state index contributed by atoms with van der Waals surface area (Å²) in [7, 11) is 0.